The van der Waals surface area contributed by atoms with Crippen molar-refractivity contribution in [1.82, 2.24) is 4.90 Å². The molecule has 0 unspecified atom stereocenters. The summed E-state index contributed by atoms with van der Waals surface area (Å²) >= 11 is 1.45. The van der Waals surface area contributed by atoms with Gasteiger partial charge < -0.3 is 10.1 Å². The molecule has 2 amide bonds. The van der Waals surface area contributed by atoms with Crippen LogP contribution < -0.4 is 10.1 Å². The molecule has 3 aliphatic rings. The van der Waals surface area contributed by atoms with Crippen molar-refractivity contribution in [2.45, 2.75) is 49.4 Å². The fourth-order valence-electron chi connectivity index (χ4n) is 2.79. The number of benzene rings is 1. The van der Waals surface area contributed by atoms with E-state index < -0.39 is 0 Å². The molecule has 0 spiro atoms. The number of nitrogens with zero attached hydrogens (tertiary/aromatic N) is 2. The lowest BCUT2D eigenvalue weighted by atomic mass is 10.2. The Hall–Kier alpha value is -2.02. The first kappa shape index (κ1) is 16.4. The van der Waals surface area contributed by atoms with Crippen molar-refractivity contribution < 1.29 is 14.3 Å². The van der Waals surface area contributed by atoms with Gasteiger partial charge in [-0.25, -0.2) is 0 Å². The normalized spacial score (nSPS) is 24.7. The molecule has 1 atom stereocenters. The zero-order chi connectivity index (χ0) is 17.4. The van der Waals surface area contributed by atoms with Gasteiger partial charge in [-0.3, -0.25) is 19.5 Å². The van der Waals surface area contributed by atoms with Crippen molar-refractivity contribution in [3.05, 3.63) is 24.3 Å². The summed E-state index contributed by atoms with van der Waals surface area (Å²) in [6.45, 7) is 0. The third kappa shape index (κ3) is 3.81. The highest BCUT2D eigenvalue weighted by molar-refractivity contribution is 8.15. The van der Waals surface area contributed by atoms with Gasteiger partial charge in [0.1, 0.15) is 11.0 Å². The SMILES string of the molecule is COc1ccc(NC(=O)C[C@H]2SC(=NC3CC3)N(C3CC3)C2=O)cc1. The van der Waals surface area contributed by atoms with Crippen LogP contribution >= 0.6 is 11.8 Å². The Bertz CT molecular complexity index is 711. The molecular weight excluding hydrogens is 338 g/mol. The molecule has 1 aromatic rings. The number of aliphatic imine (C=N–C) groups is 1. The summed E-state index contributed by atoms with van der Waals surface area (Å²) in [5.41, 5.74) is 0.701. The van der Waals surface area contributed by atoms with Crippen LogP contribution in [-0.4, -0.2) is 46.3 Å². The molecular formula is C18H21N3O3S. The summed E-state index contributed by atoms with van der Waals surface area (Å²) in [6, 6.07) is 7.84. The largest absolute Gasteiger partial charge is 0.497 e. The van der Waals surface area contributed by atoms with Crippen LogP contribution in [-0.2, 0) is 9.59 Å². The third-order valence-electron chi connectivity index (χ3n) is 4.46. The van der Waals surface area contributed by atoms with Gasteiger partial charge in [-0.1, -0.05) is 11.8 Å². The monoisotopic (exact) mass is 359 g/mol. The number of hydrogen-bond donors (Lipinski definition) is 1. The molecule has 1 N–H and O–H groups in total. The van der Waals surface area contributed by atoms with Crippen LogP contribution in [0, 0.1) is 0 Å². The Labute approximate surface area is 151 Å². The van der Waals surface area contributed by atoms with Crippen molar-refractivity contribution in [3.63, 3.8) is 0 Å². The summed E-state index contributed by atoms with van der Waals surface area (Å²) < 4.78 is 5.11. The lowest BCUT2D eigenvalue weighted by molar-refractivity contribution is -0.128. The summed E-state index contributed by atoms with van der Waals surface area (Å²) in [5, 5.41) is 3.32. The highest BCUT2D eigenvalue weighted by atomic mass is 32.2. The van der Waals surface area contributed by atoms with E-state index in [4.69, 9.17) is 4.74 Å². The van der Waals surface area contributed by atoms with Crippen molar-refractivity contribution in [3.8, 4) is 5.75 Å². The third-order valence-corrected chi connectivity index (χ3v) is 5.63. The van der Waals surface area contributed by atoms with E-state index in [-0.39, 0.29) is 23.5 Å². The van der Waals surface area contributed by atoms with Crippen molar-refractivity contribution >= 4 is 34.4 Å². The predicted octanol–water partition coefficient (Wildman–Crippen LogP) is 2.65. The minimum atomic E-state index is -0.364. The number of rotatable bonds is 6. The van der Waals surface area contributed by atoms with Crippen LogP contribution in [0.1, 0.15) is 32.1 Å². The Morgan fingerprint density at radius 1 is 1.28 bits per heavy atom. The van der Waals surface area contributed by atoms with E-state index in [1.165, 1.54) is 11.8 Å². The van der Waals surface area contributed by atoms with Gasteiger partial charge >= 0.3 is 0 Å². The summed E-state index contributed by atoms with van der Waals surface area (Å²) in [6.07, 6.45) is 4.47. The second kappa shape index (κ2) is 6.71. The zero-order valence-electron chi connectivity index (χ0n) is 14.1. The Morgan fingerprint density at radius 3 is 2.60 bits per heavy atom. The van der Waals surface area contributed by atoms with Gasteiger partial charge in [0.15, 0.2) is 5.17 Å². The highest BCUT2D eigenvalue weighted by Gasteiger charge is 2.46. The molecule has 1 saturated heterocycles. The fourth-order valence-corrected chi connectivity index (χ4v) is 4.05. The number of carbonyl (C=O) groups excluding carboxylic acids is 2. The van der Waals surface area contributed by atoms with Crippen molar-refractivity contribution in [2.75, 3.05) is 12.4 Å². The maximum atomic E-state index is 12.7. The molecule has 4 rings (SSSR count). The maximum Gasteiger partial charge on any atom is 0.242 e. The number of amides is 2. The summed E-state index contributed by atoms with van der Waals surface area (Å²) in [5.74, 6) is 0.622. The van der Waals surface area contributed by atoms with Gasteiger partial charge in [0.2, 0.25) is 11.8 Å². The van der Waals surface area contributed by atoms with Gasteiger partial charge in [0, 0.05) is 18.2 Å². The number of nitrogens with one attached hydrogen (secondary N) is 1. The van der Waals surface area contributed by atoms with E-state index >= 15 is 0 Å². The van der Waals surface area contributed by atoms with Crippen LogP contribution in [0.15, 0.2) is 29.3 Å². The Morgan fingerprint density at radius 2 is 2.00 bits per heavy atom. The average molecular weight is 359 g/mol. The van der Waals surface area contributed by atoms with Gasteiger partial charge in [-0.15, -0.1) is 0 Å². The van der Waals surface area contributed by atoms with Crippen LogP contribution in [0.2, 0.25) is 0 Å². The highest BCUT2D eigenvalue weighted by Crippen LogP contribution is 2.40. The zero-order valence-corrected chi connectivity index (χ0v) is 14.9. The second-order valence-electron chi connectivity index (χ2n) is 6.67. The minimum Gasteiger partial charge on any atom is -0.497 e. The number of methoxy groups -OCH3 is 1. The van der Waals surface area contributed by atoms with Crippen LogP contribution in [0.5, 0.6) is 5.75 Å². The van der Waals surface area contributed by atoms with Gasteiger partial charge in [-0.2, -0.15) is 0 Å². The molecule has 1 aliphatic heterocycles. The molecule has 1 aromatic carbocycles. The van der Waals surface area contributed by atoms with E-state index in [0.717, 1.165) is 36.6 Å². The topological polar surface area (TPSA) is 71.0 Å². The quantitative estimate of drug-likeness (QED) is 0.848. The second-order valence-corrected chi connectivity index (χ2v) is 7.84. The molecule has 0 aromatic heterocycles. The molecule has 0 radical (unpaired) electrons. The summed E-state index contributed by atoms with van der Waals surface area (Å²) in [7, 11) is 1.60. The lowest BCUT2D eigenvalue weighted by Crippen LogP contribution is -2.35. The number of thioether (sulfide) groups is 1. The van der Waals surface area contributed by atoms with Gasteiger partial charge in [0.25, 0.3) is 0 Å². The first-order valence-electron chi connectivity index (χ1n) is 8.65. The molecule has 25 heavy (non-hydrogen) atoms. The van der Waals surface area contributed by atoms with Crippen LogP contribution in [0.25, 0.3) is 0 Å². The van der Waals surface area contributed by atoms with Crippen molar-refractivity contribution in [1.29, 1.82) is 0 Å². The Balaban J connectivity index is 1.39. The lowest BCUT2D eigenvalue weighted by Gasteiger charge is -2.15. The smallest absolute Gasteiger partial charge is 0.242 e. The van der Waals surface area contributed by atoms with Crippen LogP contribution in [0.3, 0.4) is 0 Å². The number of ether oxygens (including phenoxy) is 1. The molecule has 2 saturated carbocycles. The van der Waals surface area contributed by atoms with E-state index in [0.29, 0.717) is 17.8 Å². The Kier molecular flexibility index (Phi) is 4.41. The average Bonchev–Trinajstić information content (AvgIpc) is 3.51. The van der Waals surface area contributed by atoms with E-state index in [1.54, 1.807) is 31.4 Å². The van der Waals surface area contributed by atoms with Gasteiger partial charge in [0.05, 0.1) is 13.2 Å². The van der Waals surface area contributed by atoms with Crippen molar-refractivity contribution in [2.24, 2.45) is 4.99 Å². The van der Waals surface area contributed by atoms with Crippen LogP contribution in [0.4, 0.5) is 5.69 Å². The van der Waals surface area contributed by atoms with Gasteiger partial charge in [-0.05, 0) is 49.9 Å². The van der Waals surface area contributed by atoms with E-state index in [1.807, 2.05) is 4.90 Å². The number of carbonyl (C=O) groups is 2. The standard InChI is InChI=1S/C18H21N3O3S/c1-24-14-8-4-11(5-9-14)19-16(22)10-15-17(23)21(13-6-7-13)18(25-15)20-12-2-3-12/h4-5,8-9,12-13,15H,2-3,6-7,10H2,1H3,(H,19,22)/t15-/m1/s1. The molecule has 1 heterocycles. The fraction of sp³-hybridized carbons (Fsp3) is 0.500. The number of anilines is 1. The molecule has 6 nitrogen and oxygen atoms in total. The predicted molar refractivity (Wildman–Crippen MR) is 97.9 cm³/mol. The first-order chi connectivity index (χ1) is 12.1. The molecule has 0 bridgehead atoms. The minimum absolute atomic E-state index is 0.0387. The molecule has 2 aliphatic carbocycles. The molecule has 3 fully saturated rings. The maximum absolute atomic E-state index is 12.7. The number of amidine groups is 1. The number of hydrogen-bond acceptors (Lipinski definition) is 5. The van der Waals surface area contributed by atoms with E-state index in [2.05, 4.69) is 10.3 Å². The molecule has 7 heteroatoms. The van der Waals surface area contributed by atoms with E-state index in [9.17, 15) is 9.59 Å². The first-order valence-corrected chi connectivity index (χ1v) is 9.53. The summed E-state index contributed by atoms with van der Waals surface area (Å²) in [4.78, 5) is 31.6. The molecule has 132 valence electrons.